The average molecular weight is 448 g/mol. The van der Waals surface area contributed by atoms with E-state index in [0.717, 1.165) is 53.3 Å². The molecule has 29 heavy (non-hydrogen) atoms. The van der Waals surface area contributed by atoms with Crippen molar-refractivity contribution in [1.82, 2.24) is 0 Å². The van der Waals surface area contributed by atoms with E-state index in [1.807, 2.05) is 25.1 Å². The van der Waals surface area contributed by atoms with Crippen LogP contribution >= 0.6 is 34.3 Å². The number of benzene rings is 1. The normalized spacial score (nSPS) is 14.2. The van der Waals surface area contributed by atoms with E-state index in [4.69, 9.17) is 16.3 Å². The molecular formula is C22H22ClNO3S2. The molecule has 4 nitrogen and oxygen atoms in total. The number of carbonyl (C=O) groups is 2. The maximum atomic E-state index is 13.1. The highest BCUT2D eigenvalue weighted by Crippen LogP contribution is 2.40. The second-order valence-electron chi connectivity index (χ2n) is 7.31. The van der Waals surface area contributed by atoms with Crippen LogP contribution in [-0.4, -0.2) is 19.0 Å². The van der Waals surface area contributed by atoms with Gasteiger partial charge in [-0.05, 0) is 49.8 Å². The van der Waals surface area contributed by atoms with Gasteiger partial charge in [-0.15, -0.1) is 22.7 Å². The number of aryl methyl sites for hydroxylation is 2. The van der Waals surface area contributed by atoms with Crippen molar-refractivity contribution in [2.24, 2.45) is 0 Å². The summed E-state index contributed by atoms with van der Waals surface area (Å²) in [6, 6.07) is 5.95. The molecule has 0 radical (unpaired) electrons. The number of rotatable bonds is 3. The Morgan fingerprint density at radius 2 is 1.86 bits per heavy atom. The molecule has 1 aliphatic rings. The van der Waals surface area contributed by atoms with Crippen molar-refractivity contribution in [3.63, 3.8) is 0 Å². The number of carbonyl (C=O) groups excluding carboxylic acids is 2. The van der Waals surface area contributed by atoms with Crippen LogP contribution in [-0.2, 0) is 17.6 Å². The number of esters is 1. The SMILES string of the molecule is COC(=O)c1c(NC(=O)c2sc3cc(C)ccc3c2Cl)sc2c1CCCCCC2. The number of anilines is 1. The maximum Gasteiger partial charge on any atom is 0.341 e. The quantitative estimate of drug-likeness (QED) is 0.459. The van der Waals surface area contributed by atoms with Gasteiger partial charge in [0, 0.05) is 15.0 Å². The highest BCUT2D eigenvalue weighted by molar-refractivity contribution is 7.22. The molecule has 1 N–H and O–H groups in total. The standard InChI is InChI=1S/C22H22ClNO3S2/c1-12-9-10-14-16(11-12)28-19(18(14)23)20(25)24-21-17(22(26)27-2)13-7-5-3-4-6-8-15(13)29-21/h9-11H,3-8H2,1-2H3,(H,24,25). The van der Waals surface area contributed by atoms with E-state index in [0.29, 0.717) is 20.5 Å². The summed E-state index contributed by atoms with van der Waals surface area (Å²) in [7, 11) is 1.38. The van der Waals surface area contributed by atoms with Crippen LogP contribution < -0.4 is 5.32 Å². The summed E-state index contributed by atoms with van der Waals surface area (Å²) in [6.45, 7) is 2.01. The fourth-order valence-electron chi connectivity index (χ4n) is 3.80. The number of thiophene rings is 2. The van der Waals surface area contributed by atoms with E-state index in [1.165, 1.54) is 41.1 Å². The molecule has 2 heterocycles. The van der Waals surface area contributed by atoms with Crippen LogP contribution in [0.4, 0.5) is 5.00 Å². The van der Waals surface area contributed by atoms with Gasteiger partial charge in [0.05, 0.1) is 17.7 Å². The highest BCUT2D eigenvalue weighted by atomic mass is 35.5. The molecule has 152 valence electrons. The Bertz CT molecular complexity index is 1100. The summed E-state index contributed by atoms with van der Waals surface area (Å²) >= 11 is 9.37. The maximum absolute atomic E-state index is 13.1. The monoisotopic (exact) mass is 447 g/mol. The van der Waals surface area contributed by atoms with E-state index in [2.05, 4.69) is 5.32 Å². The highest BCUT2D eigenvalue weighted by Gasteiger charge is 2.27. The number of fused-ring (bicyclic) bond motifs is 2. The third kappa shape index (κ3) is 3.93. The molecule has 0 unspecified atom stereocenters. The Morgan fingerprint density at radius 1 is 1.10 bits per heavy atom. The molecule has 0 aliphatic heterocycles. The zero-order chi connectivity index (χ0) is 20.5. The van der Waals surface area contributed by atoms with Gasteiger partial charge in [0.1, 0.15) is 9.88 Å². The van der Waals surface area contributed by atoms with E-state index in [-0.39, 0.29) is 5.91 Å². The molecule has 1 aromatic carbocycles. The first-order chi connectivity index (χ1) is 14.0. The average Bonchev–Trinajstić information content (AvgIpc) is 3.18. The minimum absolute atomic E-state index is 0.284. The lowest BCUT2D eigenvalue weighted by Gasteiger charge is -2.10. The molecule has 0 saturated carbocycles. The Morgan fingerprint density at radius 3 is 2.62 bits per heavy atom. The largest absolute Gasteiger partial charge is 0.465 e. The van der Waals surface area contributed by atoms with Gasteiger partial charge in [-0.2, -0.15) is 0 Å². The van der Waals surface area contributed by atoms with Crippen molar-refractivity contribution in [1.29, 1.82) is 0 Å². The molecule has 7 heteroatoms. The minimum atomic E-state index is -0.392. The first-order valence-electron chi connectivity index (χ1n) is 9.72. The number of methoxy groups -OCH3 is 1. The van der Waals surface area contributed by atoms with Gasteiger partial charge >= 0.3 is 5.97 Å². The number of nitrogens with one attached hydrogen (secondary N) is 1. The number of ether oxygens (including phenoxy) is 1. The van der Waals surface area contributed by atoms with Crippen LogP contribution in [0.3, 0.4) is 0 Å². The van der Waals surface area contributed by atoms with E-state index < -0.39 is 5.97 Å². The smallest absolute Gasteiger partial charge is 0.341 e. The number of halogens is 1. The summed E-state index contributed by atoms with van der Waals surface area (Å²) in [6.07, 6.45) is 6.28. The summed E-state index contributed by atoms with van der Waals surface area (Å²) in [5, 5.41) is 4.86. The van der Waals surface area contributed by atoms with Crippen molar-refractivity contribution in [3.05, 3.63) is 49.7 Å². The van der Waals surface area contributed by atoms with Gasteiger partial charge in [-0.3, -0.25) is 4.79 Å². The summed E-state index contributed by atoms with van der Waals surface area (Å²) in [5.41, 5.74) is 2.67. The number of hydrogen-bond acceptors (Lipinski definition) is 5. The van der Waals surface area contributed by atoms with Gasteiger partial charge in [0.25, 0.3) is 5.91 Å². The van der Waals surface area contributed by atoms with Crippen LogP contribution in [0.15, 0.2) is 18.2 Å². The first kappa shape index (κ1) is 20.4. The van der Waals surface area contributed by atoms with E-state index in [1.54, 1.807) is 0 Å². The molecule has 4 rings (SSSR count). The summed E-state index contributed by atoms with van der Waals surface area (Å²) in [4.78, 5) is 27.3. The third-order valence-corrected chi connectivity index (χ3v) is 8.14. The molecule has 0 saturated heterocycles. The van der Waals surface area contributed by atoms with E-state index >= 15 is 0 Å². The minimum Gasteiger partial charge on any atom is -0.465 e. The summed E-state index contributed by atoms with van der Waals surface area (Å²) < 4.78 is 6.02. The van der Waals surface area contributed by atoms with Crippen LogP contribution in [0.2, 0.25) is 5.02 Å². The summed E-state index contributed by atoms with van der Waals surface area (Å²) in [5.74, 6) is -0.676. The van der Waals surface area contributed by atoms with Gasteiger partial charge in [-0.25, -0.2) is 4.79 Å². The van der Waals surface area contributed by atoms with Crippen molar-refractivity contribution in [2.75, 3.05) is 12.4 Å². The molecule has 0 atom stereocenters. The zero-order valence-corrected chi connectivity index (χ0v) is 18.8. The molecule has 0 spiro atoms. The van der Waals surface area contributed by atoms with Gasteiger partial charge < -0.3 is 10.1 Å². The molecular weight excluding hydrogens is 426 g/mol. The van der Waals surface area contributed by atoms with Crippen molar-refractivity contribution in [3.8, 4) is 0 Å². The lowest BCUT2D eigenvalue weighted by atomic mass is 9.96. The lowest BCUT2D eigenvalue weighted by Crippen LogP contribution is -2.14. The molecule has 1 amide bonds. The second kappa shape index (κ2) is 8.46. The van der Waals surface area contributed by atoms with E-state index in [9.17, 15) is 9.59 Å². The van der Waals surface area contributed by atoms with Gasteiger partial charge in [-0.1, -0.05) is 36.6 Å². The Kier molecular flexibility index (Phi) is 5.95. The number of hydrogen-bond donors (Lipinski definition) is 1. The first-order valence-corrected chi connectivity index (χ1v) is 11.7. The second-order valence-corrected chi connectivity index (χ2v) is 9.85. The molecule has 0 fully saturated rings. The Balaban J connectivity index is 1.72. The van der Waals surface area contributed by atoms with Gasteiger partial charge in [0.15, 0.2) is 0 Å². The third-order valence-electron chi connectivity index (χ3n) is 5.28. The van der Waals surface area contributed by atoms with Crippen molar-refractivity contribution < 1.29 is 14.3 Å². The van der Waals surface area contributed by atoms with Crippen molar-refractivity contribution >= 4 is 61.2 Å². The predicted molar refractivity (Wildman–Crippen MR) is 121 cm³/mol. The van der Waals surface area contributed by atoms with Crippen LogP contribution in [0.5, 0.6) is 0 Å². The van der Waals surface area contributed by atoms with Crippen molar-refractivity contribution in [2.45, 2.75) is 45.4 Å². The zero-order valence-electron chi connectivity index (χ0n) is 16.4. The molecule has 1 aliphatic carbocycles. The number of amides is 1. The molecule has 0 bridgehead atoms. The Hall–Kier alpha value is -1.89. The predicted octanol–water partition coefficient (Wildman–Crippen LogP) is 6.62. The topological polar surface area (TPSA) is 55.4 Å². The van der Waals surface area contributed by atoms with Crippen LogP contribution in [0.25, 0.3) is 10.1 Å². The molecule has 2 aromatic heterocycles. The lowest BCUT2D eigenvalue weighted by molar-refractivity contribution is 0.0601. The van der Waals surface area contributed by atoms with Crippen LogP contribution in [0.1, 0.15) is 61.7 Å². The Labute approximate surface area is 182 Å². The fourth-order valence-corrected chi connectivity index (χ4v) is 6.59. The van der Waals surface area contributed by atoms with Gasteiger partial charge in [0.2, 0.25) is 0 Å². The fraction of sp³-hybridized carbons (Fsp3) is 0.364. The van der Waals surface area contributed by atoms with Crippen LogP contribution in [0, 0.1) is 6.92 Å². The molecule has 3 aromatic rings.